The van der Waals surface area contributed by atoms with E-state index in [2.05, 4.69) is 0 Å². The molecule has 104 valence electrons. The molecule has 0 aromatic heterocycles. The number of carbonyl (C=O) groups excluding carboxylic acids is 1. The number of rotatable bonds is 5. The number of nitrogen functional groups attached to an aromatic ring is 1. The van der Waals surface area contributed by atoms with Crippen LogP contribution in [-0.2, 0) is 9.47 Å². The first-order valence-corrected chi connectivity index (χ1v) is 6.43. The van der Waals surface area contributed by atoms with E-state index in [1.165, 1.54) is 7.11 Å². The monoisotopic (exact) mass is 265 g/mol. The van der Waals surface area contributed by atoms with Gasteiger partial charge in [0.15, 0.2) is 0 Å². The van der Waals surface area contributed by atoms with E-state index in [0.29, 0.717) is 23.6 Å². The van der Waals surface area contributed by atoms with E-state index in [-0.39, 0.29) is 6.10 Å². The number of nitrogens with two attached hydrogens (primary N) is 1. The minimum atomic E-state index is -0.445. The molecule has 2 N–H and O–H groups in total. The molecule has 2 rings (SSSR count). The molecule has 1 aliphatic rings. The quantitative estimate of drug-likeness (QED) is 0.651. The number of carbonyl (C=O) groups is 1. The molecular weight excluding hydrogens is 246 g/mol. The lowest BCUT2D eigenvalue weighted by atomic mass is 10.1. The van der Waals surface area contributed by atoms with Crippen molar-refractivity contribution < 1.29 is 19.0 Å². The fourth-order valence-electron chi connectivity index (χ4n) is 2.12. The zero-order chi connectivity index (χ0) is 13.7. The van der Waals surface area contributed by atoms with Crippen LogP contribution in [0.15, 0.2) is 18.2 Å². The summed E-state index contributed by atoms with van der Waals surface area (Å²) in [6.45, 7) is 1.35. The first kappa shape index (κ1) is 13.7. The molecule has 1 aromatic carbocycles. The van der Waals surface area contributed by atoms with Crippen LogP contribution in [0.1, 0.15) is 29.6 Å². The van der Waals surface area contributed by atoms with Crippen molar-refractivity contribution in [1.82, 2.24) is 0 Å². The minimum Gasteiger partial charge on any atom is -0.493 e. The maximum Gasteiger partial charge on any atom is 0.341 e. The third kappa shape index (κ3) is 3.61. The third-order valence-corrected chi connectivity index (χ3v) is 3.13. The highest BCUT2D eigenvalue weighted by molar-refractivity contribution is 5.93. The van der Waals surface area contributed by atoms with Crippen LogP contribution < -0.4 is 10.5 Å². The fourth-order valence-corrected chi connectivity index (χ4v) is 2.12. The topological polar surface area (TPSA) is 70.8 Å². The van der Waals surface area contributed by atoms with Crippen LogP contribution >= 0.6 is 0 Å². The summed E-state index contributed by atoms with van der Waals surface area (Å²) in [4.78, 5) is 11.6. The van der Waals surface area contributed by atoms with Crippen molar-refractivity contribution in [1.29, 1.82) is 0 Å². The molecule has 0 spiro atoms. The fraction of sp³-hybridized carbons (Fsp3) is 0.500. The largest absolute Gasteiger partial charge is 0.493 e. The highest BCUT2D eigenvalue weighted by atomic mass is 16.5. The van der Waals surface area contributed by atoms with Gasteiger partial charge in [0, 0.05) is 18.7 Å². The number of esters is 1. The van der Waals surface area contributed by atoms with Gasteiger partial charge >= 0.3 is 5.97 Å². The number of ether oxygens (including phenoxy) is 3. The van der Waals surface area contributed by atoms with Gasteiger partial charge in [0.05, 0.1) is 19.8 Å². The summed E-state index contributed by atoms with van der Waals surface area (Å²) in [5, 5.41) is 0. The average molecular weight is 265 g/mol. The predicted molar refractivity (Wildman–Crippen MR) is 71.3 cm³/mol. The molecule has 0 amide bonds. The van der Waals surface area contributed by atoms with E-state index in [1.54, 1.807) is 18.2 Å². The van der Waals surface area contributed by atoms with Crippen molar-refractivity contribution in [3.63, 3.8) is 0 Å². The second-order valence-corrected chi connectivity index (χ2v) is 4.52. The minimum absolute atomic E-state index is 0.273. The Hall–Kier alpha value is -1.75. The molecule has 0 aliphatic carbocycles. The average Bonchev–Trinajstić information content (AvgIpc) is 2.92. The van der Waals surface area contributed by atoms with E-state index in [1.807, 2.05) is 0 Å². The van der Waals surface area contributed by atoms with Gasteiger partial charge in [-0.15, -0.1) is 0 Å². The van der Waals surface area contributed by atoms with Crippen molar-refractivity contribution in [3.8, 4) is 5.75 Å². The summed E-state index contributed by atoms with van der Waals surface area (Å²) in [6.07, 6.45) is 3.29. The number of anilines is 1. The summed E-state index contributed by atoms with van der Waals surface area (Å²) in [5.41, 5.74) is 6.53. The molecule has 1 heterocycles. The highest BCUT2D eigenvalue weighted by Crippen LogP contribution is 2.23. The molecule has 1 saturated heterocycles. The van der Waals surface area contributed by atoms with E-state index in [4.69, 9.17) is 19.9 Å². The van der Waals surface area contributed by atoms with Crippen LogP contribution in [0.5, 0.6) is 5.75 Å². The Morgan fingerprint density at radius 3 is 3.05 bits per heavy atom. The Morgan fingerprint density at radius 1 is 1.53 bits per heavy atom. The van der Waals surface area contributed by atoms with E-state index >= 15 is 0 Å². The Morgan fingerprint density at radius 2 is 2.37 bits per heavy atom. The smallest absolute Gasteiger partial charge is 0.341 e. The number of hydrogen-bond acceptors (Lipinski definition) is 5. The third-order valence-electron chi connectivity index (χ3n) is 3.13. The maximum absolute atomic E-state index is 11.6. The summed E-state index contributed by atoms with van der Waals surface area (Å²) in [7, 11) is 1.33. The number of benzene rings is 1. The van der Waals surface area contributed by atoms with E-state index < -0.39 is 5.97 Å². The standard InChI is InChI=1S/C14H19NO4/c1-17-14(16)12-9-10(15)4-5-13(12)19-8-6-11-3-2-7-18-11/h4-5,9,11H,2-3,6-8,15H2,1H3. The van der Waals surface area contributed by atoms with E-state index in [0.717, 1.165) is 25.9 Å². The molecule has 5 heteroatoms. The van der Waals surface area contributed by atoms with Crippen molar-refractivity contribution >= 4 is 11.7 Å². The molecule has 0 radical (unpaired) electrons. The molecule has 0 saturated carbocycles. The van der Waals surface area contributed by atoms with Gasteiger partial charge in [0.2, 0.25) is 0 Å². The molecule has 5 nitrogen and oxygen atoms in total. The van der Waals surface area contributed by atoms with Crippen LogP contribution in [0, 0.1) is 0 Å². The van der Waals surface area contributed by atoms with Gasteiger partial charge in [-0.25, -0.2) is 4.79 Å². The van der Waals surface area contributed by atoms with Crippen LogP contribution in [0.2, 0.25) is 0 Å². The van der Waals surface area contributed by atoms with Gasteiger partial charge in [0.25, 0.3) is 0 Å². The van der Waals surface area contributed by atoms with Gasteiger partial charge in [-0.2, -0.15) is 0 Å². The second kappa shape index (κ2) is 6.43. The van der Waals surface area contributed by atoms with Gasteiger partial charge < -0.3 is 19.9 Å². The van der Waals surface area contributed by atoms with Crippen LogP contribution in [0.4, 0.5) is 5.69 Å². The van der Waals surface area contributed by atoms with E-state index in [9.17, 15) is 4.79 Å². The molecule has 0 bridgehead atoms. The van der Waals surface area contributed by atoms with Gasteiger partial charge in [-0.1, -0.05) is 0 Å². The van der Waals surface area contributed by atoms with Crippen molar-refractivity contribution in [2.75, 3.05) is 26.1 Å². The number of methoxy groups -OCH3 is 1. The molecule has 1 unspecified atom stereocenters. The van der Waals surface area contributed by atoms with Crippen molar-refractivity contribution in [2.24, 2.45) is 0 Å². The van der Waals surface area contributed by atoms with Crippen LogP contribution in [0.25, 0.3) is 0 Å². The maximum atomic E-state index is 11.6. The summed E-state index contributed by atoms with van der Waals surface area (Å²) in [6, 6.07) is 4.96. The Labute approximate surface area is 112 Å². The molecule has 1 atom stereocenters. The first-order valence-electron chi connectivity index (χ1n) is 6.43. The van der Waals surface area contributed by atoms with Gasteiger partial charge in [-0.05, 0) is 31.0 Å². The van der Waals surface area contributed by atoms with Gasteiger partial charge in [-0.3, -0.25) is 0 Å². The molecule has 1 aromatic rings. The first-order chi connectivity index (χ1) is 9.20. The zero-order valence-corrected chi connectivity index (χ0v) is 11.1. The Balaban J connectivity index is 1.96. The number of hydrogen-bond donors (Lipinski definition) is 1. The predicted octanol–water partition coefficient (Wildman–Crippen LogP) is 2.00. The van der Waals surface area contributed by atoms with Gasteiger partial charge in [0.1, 0.15) is 11.3 Å². The van der Waals surface area contributed by atoms with Crippen LogP contribution in [0.3, 0.4) is 0 Å². The summed E-state index contributed by atoms with van der Waals surface area (Å²) < 4.78 is 15.9. The summed E-state index contributed by atoms with van der Waals surface area (Å²) >= 11 is 0. The molecular formula is C14H19NO4. The highest BCUT2D eigenvalue weighted by Gasteiger charge is 2.17. The molecule has 1 aliphatic heterocycles. The lowest BCUT2D eigenvalue weighted by Crippen LogP contribution is -2.12. The SMILES string of the molecule is COC(=O)c1cc(N)ccc1OCCC1CCCO1. The lowest BCUT2D eigenvalue weighted by molar-refractivity contribution is 0.0594. The Kier molecular flexibility index (Phi) is 4.63. The molecule has 19 heavy (non-hydrogen) atoms. The normalized spacial score (nSPS) is 18.3. The second-order valence-electron chi connectivity index (χ2n) is 4.52. The zero-order valence-electron chi connectivity index (χ0n) is 11.1. The lowest BCUT2D eigenvalue weighted by Gasteiger charge is -2.13. The molecule has 1 fully saturated rings. The van der Waals surface area contributed by atoms with Crippen LogP contribution in [-0.4, -0.2) is 32.4 Å². The Bertz CT molecular complexity index is 441. The van der Waals surface area contributed by atoms with Crippen molar-refractivity contribution in [2.45, 2.75) is 25.4 Å². The summed E-state index contributed by atoms with van der Waals surface area (Å²) in [5.74, 6) is 0.0541. The van der Waals surface area contributed by atoms with Crippen molar-refractivity contribution in [3.05, 3.63) is 23.8 Å².